The highest BCUT2D eigenvalue weighted by atomic mass is 16.3. The van der Waals surface area contributed by atoms with Crippen LogP contribution in [0.2, 0.25) is 0 Å². The van der Waals surface area contributed by atoms with Crippen molar-refractivity contribution in [3.05, 3.63) is 0 Å². The lowest BCUT2D eigenvalue weighted by Crippen LogP contribution is -2.45. The Morgan fingerprint density at radius 3 is 2.83 bits per heavy atom. The van der Waals surface area contributed by atoms with Crippen molar-refractivity contribution in [3.63, 3.8) is 0 Å². The predicted molar refractivity (Wildman–Crippen MR) is 69.1 cm³/mol. The van der Waals surface area contributed by atoms with Crippen LogP contribution < -0.4 is 5.32 Å². The molecule has 102 valence electrons. The van der Waals surface area contributed by atoms with E-state index in [0.717, 1.165) is 38.8 Å². The average Bonchev–Trinajstić information content (AvgIpc) is 3.06. The maximum Gasteiger partial charge on any atom is 0.224 e. The summed E-state index contributed by atoms with van der Waals surface area (Å²) in [6, 6.07) is 0.749. The first-order valence-corrected chi connectivity index (χ1v) is 7.38. The third-order valence-electron chi connectivity index (χ3n) is 5.22. The van der Waals surface area contributed by atoms with Gasteiger partial charge in [0.25, 0.3) is 0 Å². The summed E-state index contributed by atoms with van der Waals surface area (Å²) in [6.07, 6.45) is 7.70. The van der Waals surface area contributed by atoms with E-state index in [1.165, 1.54) is 12.8 Å². The fourth-order valence-corrected chi connectivity index (χ4v) is 4.03. The molecule has 1 amide bonds. The average molecular weight is 252 g/mol. The molecular weight excluding hydrogens is 228 g/mol. The van der Waals surface area contributed by atoms with E-state index >= 15 is 0 Å². The number of rotatable bonds is 4. The maximum atomic E-state index is 11.8. The molecule has 3 rings (SSSR count). The van der Waals surface area contributed by atoms with E-state index in [0.29, 0.717) is 24.4 Å². The zero-order valence-corrected chi connectivity index (χ0v) is 11.0. The van der Waals surface area contributed by atoms with Gasteiger partial charge in [0, 0.05) is 43.6 Å². The quantitative estimate of drug-likeness (QED) is 0.781. The van der Waals surface area contributed by atoms with Gasteiger partial charge in [0.1, 0.15) is 0 Å². The smallest absolute Gasteiger partial charge is 0.224 e. The minimum absolute atomic E-state index is 0.0923. The molecule has 1 saturated carbocycles. The van der Waals surface area contributed by atoms with Gasteiger partial charge in [0.05, 0.1) is 0 Å². The second kappa shape index (κ2) is 4.82. The standard InChI is InChI=1S/C14H24N2O2/c17-10-14(5-1-2-6-14)9-15-11-8-13(18)16-7-3-4-12(11)16/h11-12,15,17H,1-10H2. The van der Waals surface area contributed by atoms with Crippen molar-refractivity contribution in [1.29, 1.82) is 0 Å². The van der Waals surface area contributed by atoms with Crippen LogP contribution >= 0.6 is 0 Å². The van der Waals surface area contributed by atoms with Crippen molar-refractivity contribution < 1.29 is 9.90 Å². The third kappa shape index (κ3) is 2.05. The largest absolute Gasteiger partial charge is 0.396 e. The van der Waals surface area contributed by atoms with Gasteiger partial charge in [-0.05, 0) is 25.7 Å². The Kier molecular flexibility index (Phi) is 3.32. The van der Waals surface area contributed by atoms with Gasteiger partial charge in [-0.15, -0.1) is 0 Å². The predicted octanol–water partition coefficient (Wildman–Crippen LogP) is 0.892. The lowest BCUT2D eigenvalue weighted by Gasteiger charge is -2.30. The molecule has 2 heterocycles. The summed E-state index contributed by atoms with van der Waals surface area (Å²) in [7, 11) is 0. The van der Waals surface area contributed by atoms with E-state index in [1.54, 1.807) is 0 Å². The highest BCUT2D eigenvalue weighted by Crippen LogP contribution is 2.38. The second-order valence-electron chi connectivity index (χ2n) is 6.35. The van der Waals surface area contributed by atoms with Gasteiger partial charge in [-0.25, -0.2) is 0 Å². The molecule has 0 aromatic rings. The van der Waals surface area contributed by atoms with Gasteiger partial charge < -0.3 is 15.3 Å². The summed E-state index contributed by atoms with van der Waals surface area (Å²) < 4.78 is 0. The number of nitrogens with one attached hydrogen (secondary N) is 1. The van der Waals surface area contributed by atoms with Crippen LogP contribution in [-0.4, -0.2) is 47.7 Å². The Morgan fingerprint density at radius 2 is 2.11 bits per heavy atom. The molecule has 0 radical (unpaired) electrons. The molecular formula is C14H24N2O2. The molecule has 0 aromatic heterocycles. The van der Waals surface area contributed by atoms with E-state index in [9.17, 15) is 9.90 Å². The van der Waals surface area contributed by atoms with Crippen LogP contribution in [0.4, 0.5) is 0 Å². The Labute approximate surface area is 109 Å². The summed E-state index contributed by atoms with van der Waals surface area (Å²) in [5.41, 5.74) is 0.0923. The minimum atomic E-state index is 0.0923. The highest BCUT2D eigenvalue weighted by Gasteiger charge is 2.43. The third-order valence-corrected chi connectivity index (χ3v) is 5.22. The number of carbonyl (C=O) groups is 1. The number of aliphatic hydroxyl groups excluding tert-OH is 1. The number of fused-ring (bicyclic) bond motifs is 1. The van der Waals surface area contributed by atoms with Crippen LogP contribution in [0.1, 0.15) is 44.9 Å². The van der Waals surface area contributed by atoms with Crippen LogP contribution in [0, 0.1) is 5.41 Å². The van der Waals surface area contributed by atoms with E-state index < -0.39 is 0 Å². The van der Waals surface area contributed by atoms with Gasteiger partial charge in [-0.2, -0.15) is 0 Å². The monoisotopic (exact) mass is 252 g/mol. The summed E-state index contributed by atoms with van der Waals surface area (Å²) in [5, 5.41) is 13.2. The number of carbonyl (C=O) groups excluding carboxylic acids is 1. The van der Waals surface area contributed by atoms with Crippen molar-refractivity contribution in [3.8, 4) is 0 Å². The number of hydrogen-bond acceptors (Lipinski definition) is 3. The maximum absolute atomic E-state index is 11.8. The molecule has 1 aliphatic carbocycles. The summed E-state index contributed by atoms with van der Waals surface area (Å²) >= 11 is 0. The lowest BCUT2D eigenvalue weighted by molar-refractivity contribution is -0.127. The van der Waals surface area contributed by atoms with Crippen molar-refractivity contribution in [2.24, 2.45) is 5.41 Å². The molecule has 0 bridgehead atoms. The highest BCUT2D eigenvalue weighted by molar-refractivity contribution is 5.80. The topological polar surface area (TPSA) is 52.6 Å². The zero-order valence-electron chi connectivity index (χ0n) is 11.0. The zero-order chi connectivity index (χ0) is 12.6. The molecule has 2 N–H and O–H groups in total. The first-order chi connectivity index (χ1) is 8.74. The molecule has 18 heavy (non-hydrogen) atoms. The molecule has 3 aliphatic rings. The molecule has 2 atom stereocenters. The normalized spacial score (nSPS) is 34.3. The van der Waals surface area contributed by atoms with Gasteiger partial charge in [0.15, 0.2) is 0 Å². The van der Waals surface area contributed by atoms with Crippen LogP contribution in [0.15, 0.2) is 0 Å². The Morgan fingerprint density at radius 1 is 1.33 bits per heavy atom. The molecule has 0 aromatic carbocycles. The van der Waals surface area contributed by atoms with Gasteiger partial charge in [0.2, 0.25) is 5.91 Å². The molecule has 2 unspecified atom stereocenters. The van der Waals surface area contributed by atoms with E-state index in [-0.39, 0.29) is 12.0 Å². The van der Waals surface area contributed by atoms with Crippen LogP contribution in [-0.2, 0) is 4.79 Å². The number of aliphatic hydroxyl groups is 1. The summed E-state index contributed by atoms with van der Waals surface area (Å²) in [5.74, 6) is 0.319. The molecule has 3 fully saturated rings. The Bertz CT molecular complexity index is 326. The van der Waals surface area contributed by atoms with Crippen molar-refractivity contribution in [2.45, 2.75) is 57.0 Å². The van der Waals surface area contributed by atoms with E-state index in [2.05, 4.69) is 10.2 Å². The van der Waals surface area contributed by atoms with Crippen LogP contribution in [0.3, 0.4) is 0 Å². The van der Waals surface area contributed by atoms with Crippen molar-refractivity contribution in [1.82, 2.24) is 10.2 Å². The number of amides is 1. The Hall–Kier alpha value is -0.610. The first-order valence-electron chi connectivity index (χ1n) is 7.38. The SMILES string of the molecule is O=C1CC(NCC2(CO)CCCC2)C2CCCN12. The molecule has 2 aliphatic heterocycles. The minimum Gasteiger partial charge on any atom is -0.396 e. The molecule has 0 spiro atoms. The molecule has 4 nitrogen and oxygen atoms in total. The molecule has 2 saturated heterocycles. The first kappa shape index (κ1) is 12.4. The second-order valence-corrected chi connectivity index (χ2v) is 6.35. The summed E-state index contributed by atoms with van der Waals surface area (Å²) in [4.78, 5) is 13.9. The number of hydrogen-bond donors (Lipinski definition) is 2. The fraction of sp³-hybridized carbons (Fsp3) is 0.929. The number of nitrogens with zero attached hydrogens (tertiary/aromatic N) is 1. The van der Waals surface area contributed by atoms with Crippen molar-refractivity contribution >= 4 is 5.91 Å². The van der Waals surface area contributed by atoms with Crippen LogP contribution in [0.5, 0.6) is 0 Å². The fourth-order valence-electron chi connectivity index (χ4n) is 4.03. The van der Waals surface area contributed by atoms with Gasteiger partial charge in [-0.3, -0.25) is 4.79 Å². The summed E-state index contributed by atoms with van der Waals surface area (Å²) in [6.45, 7) is 2.12. The van der Waals surface area contributed by atoms with E-state index in [1.807, 2.05) is 0 Å². The van der Waals surface area contributed by atoms with Gasteiger partial charge >= 0.3 is 0 Å². The molecule has 4 heteroatoms. The van der Waals surface area contributed by atoms with Gasteiger partial charge in [-0.1, -0.05) is 12.8 Å². The Balaban J connectivity index is 1.58. The van der Waals surface area contributed by atoms with Crippen LogP contribution in [0.25, 0.3) is 0 Å². The van der Waals surface area contributed by atoms with E-state index in [4.69, 9.17) is 0 Å². The lowest BCUT2D eigenvalue weighted by atomic mass is 9.86. The van der Waals surface area contributed by atoms with Crippen molar-refractivity contribution in [2.75, 3.05) is 19.7 Å².